The van der Waals surface area contributed by atoms with Crippen LogP contribution in [0.15, 0.2) is 48.7 Å². The van der Waals surface area contributed by atoms with Gasteiger partial charge in [0.05, 0.1) is 12.1 Å². The van der Waals surface area contributed by atoms with Crippen LogP contribution in [0.3, 0.4) is 0 Å². The first-order valence-corrected chi connectivity index (χ1v) is 9.56. The summed E-state index contributed by atoms with van der Waals surface area (Å²) in [4.78, 5) is 17.6. The first kappa shape index (κ1) is 19.3. The highest BCUT2D eigenvalue weighted by molar-refractivity contribution is 7.80. The Bertz CT molecular complexity index is 973. The van der Waals surface area contributed by atoms with Gasteiger partial charge in [-0.05, 0) is 36.8 Å². The molecule has 0 aliphatic rings. The van der Waals surface area contributed by atoms with Gasteiger partial charge in [0.1, 0.15) is 16.4 Å². The number of methoxy groups -OCH3 is 1. The molecule has 0 radical (unpaired) electrons. The highest BCUT2D eigenvalue weighted by Gasteiger charge is 2.24. The number of carbonyl (C=O) groups excluding carboxylic acids is 1. The van der Waals surface area contributed by atoms with E-state index in [9.17, 15) is 4.79 Å². The summed E-state index contributed by atoms with van der Waals surface area (Å²) < 4.78 is 5.00. The van der Waals surface area contributed by atoms with Gasteiger partial charge in [0, 0.05) is 16.6 Å². The SMILES string of the molecule is COC(=O)c1c(NC(=S)Nc2ccc(Cl)cn2)sc(C)c1-c1ccccc1. The number of esters is 1. The zero-order valence-corrected chi connectivity index (χ0v) is 17.0. The number of aromatic nitrogens is 1. The van der Waals surface area contributed by atoms with E-state index in [2.05, 4.69) is 15.6 Å². The topological polar surface area (TPSA) is 63.2 Å². The van der Waals surface area contributed by atoms with Crippen LogP contribution in [0.1, 0.15) is 15.2 Å². The second-order valence-corrected chi connectivity index (χ2v) is 7.61. The minimum atomic E-state index is -0.423. The van der Waals surface area contributed by atoms with E-state index in [0.717, 1.165) is 16.0 Å². The van der Waals surface area contributed by atoms with Crippen LogP contribution in [0, 0.1) is 6.92 Å². The zero-order chi connectivity index (χ0) is 19.4. The first-order chi connectivity index (χ1) is 13.0. The van der Waals surface area contributed by atoms with Crippen molar-refractivity contribution < 1.29 is 9.53 Å². The molecule has 0 unspecified atom stereocenters. The number of pyridine rings is 1. The first-order valence-electron chi connectivity index (χ1n) is 7.96. The van der Waals surface area contributed by atoms with Crippen LogP contribution in [-0.2, 0) is 4.74 Å². The molecule has 27 heavy (non-hydrogen) atoms. The molecule has 3 aromatic rings. The Morgan fingerprint density at radius 1 is 1.19 bits per heavy atom. The van der Waals surface area contributed by atoms with Crippen molar-refractivity contribution in [3.8, 4) is 11.1 Å². The van der Waals surface area contributed by atoms with Crippen LogP contribution in [0.5, 0.6) is 0 Å². The Hall–Kier alpha value is -2.48. The maximum Gasteiger partial charge on any atom is 0.341 e. The van der Waals surface area contributed by atoms with Gasteiger partial charge in [0.2, 0.25) is 0 Å². The molecule has 0 aliphatic heterocycles. The van der Waals surface area contributed by atoms with E-state index in [1.54, 1.807) is 12.1 Å². The monoisotopic (exact) mass is 417 g/mol. The van der Waals surface area contributed by atoms with E-state index >= 15 is 0 Å². The molecule has 2 aromatic heterocycles. The van der Waals surface area contributed by atoms with E-state index in [4.69, 9.17) is 28.6 Å². The summed E-state index contributed by atoms with van der Waals surface area (Å²) in [6, 6.07) is 13.1. The molecule has 0 aliphatic carbocycles. The lowest BCUT2D eigenvalue weighted by Crippen LogP contribution is -2.20. The maximum absolute atomic E-state index is 12.5. The molecular formula is C19H16ClN3O2S2. The highest BCUT2D eigenvalue weighted by atomic mass is 35.5. The van der Waals surface area contributed by atoms with Crippen molar-refractivity contribution in [1.82, 2.24) is 4.98 Å². The standard InChI is InChI=1S/C19H16ClN3O2S2/c1-11-15(12-6-4-3-5-7-12)16(18(24)25-2)17(27-11)23-19(26)22-14-9-8-13(20)10-21-14/h3-10H,1-2H3,(H2,21,22,23,26). The van der Waals surface area contributed by atoms with Gasteiger partial charge in [0.15, 0.2) is 5.11 Å². The molecule has 0 spiro atoms. The number of hydrogen-bond donors (Lipinski definition) is 2. The Morgan fingerprint density at radius 2 is 1.93 bits per heavy atom. The third kappa shape index (κ3) is 4.44. The molecule has 0 saturated heterocycles. The maximum atomic E-state index is 12.5. The number of nitrogens with one attached hydrogen (secondary N) is 2. The number of rotatable bonds is 4. The largest absolute Gasteiger partial charge is 0.465 e. The fourth-order valence-electron chi connectivity index (χ4n) is 2.58. The van der Waals surface area contributed by atoms with Crippen molar-refractivity contribution >= 4 is 57.1 Å². The summed E-state index contributed by atoms with van der Waals surface area (Å²) in [5, 5.41) is 7.53. The molecule has 5 nitrogen and oxygen atoms in total. The molecule has 0 saturated carbocycles. The molecule has 8 heteroatoms. The van der Waals surface area contributed by atoms with Gasteiger partial charge in [-0.3, -0.25) is 0 Å². The predicted octanol–water partition coefficient (Wildman–Crippen LogP) is 5.37. The molecule has 2 N–H and O–H groups in total. The molecular weight excluding hydrogens is 402 g/mol. The summed E-state index contributed by atoms with van der Waals surface area (Å²) >= 11 is 12.6. The van der Waals surface area contributed by atoms with Gasteiger partial charge in [-0.1, -0.05) is 41.9 Å². The summed E-state index contributed by atoms with van der Waals surface area (Å²) in [7, 11) is 1.36. The second kappa shape index (κ2) is 8.47. The average molecular weight is 418 g/mol. The van der Waals surface area contributed by atoms with Crippen molar-refractivity contribution in [3.05, 3.63) is 64.1 Å². The molecule has 138 valence electrons. The van der Waals surface area contributed by atoms with E-state index < -0.39 is 5.97 Å². The van der Waals surface area contributed by atoms with E-state index in [-0.39, 0.29) is 0 Å². The Balaban J connectivity index is 1.92. The zero-order valence-electron chi connectivity index (χ0n) is 14.6. The fourth-order valence-corrected chi connectivity index (χ4v) is 4.03. The lowest BCUT2D eigenvalue weighted by atomic mass is 10.0. The van der Waals surface area contributed by atoms with Gasteiger partial charge in [-0.25, -0.2) is 9.78 Å². The number of halogens is 1. The Kier molecular flexibility index (Phi) is 6.05. The number of ether oxygens (including phenoxy) is 1. The fraction of sp³-hybridized carbons (Fsp3) is 0.105. The number of carbonyl (C=O) groups is 1. The van der Waals surface area contributed by atoms with Crippen molar-refractivity contribution in [3.63, 3.8) is 0 Å². The number of hydrogen-bond acceptors (Lipinski definition) is 5. The van der Waals surface area contributed by atoms with E-state index in [1.165, 1.54) is 24.6 Å². The van der Waals surface area contributed by atoms with Crippen LogP contribution >= 0.6 is 35.2 Å². The Morgan fingerprint density at radius 3 is 2.56 bits per heavy atom. The second-order valence-electron chi connectivity index (χ2n) is 5.54. The van der Waals surface area contributed by atoms with Crippen molar-refractivity contribution in [1.29, 1.82) is 0 Å². The summed E-state index contributed by atoms with van der Waals surface area (Å²) in [5.74, 6) is 0.126. The molecule has 0 amide bonds. The van der Waals surface area contributed by atoms with Crippen LogP contribution in [0.2, 0.25) is 5.02 Å². The number of nitrogens with zero attached hydrogens (tertiary/aromatic N) is 1. The number of aryl methyl sites for hydroxylation is 1. The van der Waals surface area contributed by atoms with Gasteiger partial charge in [-0.15, -0.1) is 11.3 Å². The number of thiocarbonyl (C=S) groups is 1. The van der Waals surface area contributed by atoms with Crippen LogP contribution < -0.4 is 10.6 Å². The number of anilines is 2. The molecule has 0 fully saturated rings. The van der Waals surface area contributed by atoms with E-state index in [1.807, 2.05) is 37.3 Å². The van der Waals surface area contributed by atoms with Crippen LogP contribution in [-0.4, -0.2) is 23.2 Å². The van der Waals surface area contributed by atoms with Gasteiger partial charge in [0.25, 0.3) is 0 Å². The normalized spacial score (nSPS) is 10.3. The van der Waals surface area contributed by atoms with Crippen LogP contribution in [0.4, 0.5) is 10.8 Å². The average Bonchev–Trinajstić information content (AvgIpc) is 2.99. The summed E-state index contributed by atoms with van der Waals surface area (Å²) in [6.45, 7) is 1.96. The van der Waals surface area contributed by atoms with Gasteiger partial charge >= 0.3 is 5.97 Å². The van der Waals surface area contributed by atoms with Crippen LogP contribution in [0.25, 0.3) is 11.1 Å². The molecule has 0 bridgehead atoms. The minimum absolute atomic E-state index is 0.316. The lowest BCUT2D eigenvalue weighted by molar-refractivity contribution is 0.0603. The van der Waals surface area contributed by atoms with Crippen molar-refractivity contribution in [2.45, 2.75) is 6.92 Å². The van der Waals surface area contributed by atoms with Crippen molar-refractivity contribution in [2.75, 3.05) is 17.7 Å². The predicted molar refractivity (Wildman–Crippen MR) is 115 cm³/mol. The van der Waals surface area contributed by atoms with Gasteiger partial charge < -0.3 is 15.4 Å². The molecule has 2 heterocycles. The number of thiophene rings is 1. The summed E-state index contributed by atoms with van der Waals surface area (Å²) in [5.41, 5.74) is 2.24. The highest BCUT2D eigenvalue weighted by Crippen LogP contribution is 2.40. The van der Waals surface area contributed by atoms with E-state index in [0.29, 0.717) is 26.5 Å². The number of benzene rings is 1. The summed E-state index contributed by atoms with van der Waals surface area (Å²) in [6.07, 6.45) is 1.52. The smallest absolute Gasteiger partial charge is 0.341 e. The molecule has 1 aromatic carbocycles. The Labute approximate surface area is 171 Å². The molecule has 0 atom stereocenters. The third-order valence-corrected chi connectivity index (χ3v) is 5.18. The lowest BCUT2D eigenvalue weighted by Gasteiger charge is -2.11. The quantitative estimate of drug-likeness (QED) is 0.439. The van der Waals surface area contributed by atoms with Gasteiger partial charge in [-0.2, -0.15) is 0 Å². The van der Waals surface area contributed by atoms with Crippen molar-refractivity contribution in [2.24, 2.45) is 0 Å². The third-order valence-electron chi connectivity index (χ3n) is 3.73. The minimum Gasteiger partial charge on any atom is -0.465 e. The molecule has 3 rings (SSSR count).